The maximum absolute atomic E-state index is 5.90. The van der Waals surface area contributed by atoms with Crippen molar-refractivity contribution < 1.29 is 0 Å². The average molecular weight is 232 g/mol. The van der Waals surface area contributed by atoms with Crippen LogP contribution in [0, 0.1) is 0 Å². The molecule has 1 fully saturated rings. The molecule has 0 unspecified atom stereocenters. The number of aromatic amines is 1. The molecule has 1 aliphatic rings. The van der Waals surface area contributed by atoms with Crippen LogP contribution >= 0.6 is 0 Å². The second-order valence-corrected chi connectivity index (χ2v) is 4.59. The van der Waals surface area contributed by atoms with Crippen molar-refractivity contribution in [1.82, 2.24) is 25.0 Å². The van der Waals surface area contributed by atoms with Gasteiger partial charge in [-0.3, -0.25) is 9.78 Å². The molecule has 2 aromatic rings. The van der Waals surface area contributed by atoms with Crippen LogP contribution in [-0.4, -0.2) is 25.0 Å². The van der Waals surface area contributed by atoms with Crippen molar-refractivity contribution in [2.45, 2.75) is 31.6 Å². The van der Waals surface area contributed by atoms with Crippen LogP contribution in [0.1, 0.15) is 37.4 Å². The van der Waals surface area contributed by atoms with Crippen molar-refractivity contribution in [1.29, 1.82) is 0 Å². The van der Waals surface area contributed by atoms with E-state index >= 15 is 0 Å². The molecule has 0 aliphatic heterocycles. The highest BCUT2D eigenvalue weighted by atomic mass is 15.3. The fourth-order valence-electron chi connectivity index (χ4n) is 2.40. The maximum atomic E-state index is 5.90. The smallest absolute Gasteiger partial charge is 0.186 e. The van der Waals surface area contributed by atoms with Crippen LogP contribution < -0.4 is 5.73 Å². The minimum absolute atomic E-state index is 0.536. The summed E-state index contributed by atoms with van der Waals surface area (Å²) in [4.78, 5) is 4.54. The molecule has 0 amide bonds. The normalized spacial score (nSPS) is 16.8. The van der Waals surface area contributed by atoms with E-state index in [-0.39, 0.29) is 0 Å². The average Bonchev–Trinajstić information content (AvgIpc) is 3.01. The highest BCUT2D eigenvalue weighted by Gasteiger charge is 2.21. The van der Waals surface area contributed by atoms with Crippen molar-refractivity contribution in [2.24, 2.45) is 7.05 Å². The molecule has 6 nitrogen and oxygen atoms in total. The van der Waals surface area contributed by atoms with Gasteiger partial charge in [-0.15, -0.1) is 0 Å². The zero-order valence-electron chi connectivity index (χ0n) is 9.85. The van der Waals surface area contributed by atoms with Gasteiger partial charge in [0.2, 0.25) is 0 Å². The van der Waals surface area contributed by atoms with Gasteiger partial charge in [0.15, 0.2) is 5.82 Å². The molecule has 90 valence electrons. The number of aromatic nitrogens is 5. The van der Waals surface area contributed by atoms with Crippen LogP contribution in [0.2, 0.25) is 0 Å². The van der Waals surface area contributed by atoms with Gasteiger partial charge in [0.05, 0.1) is 11.8 Å². The SMILES string of the molecule is Cn1ncc(-c2n[nH]c(C3CCCC3)n2)c1N. The number of H-pyrrole nitrogens is 1. The lowest BCUT2D eigenvalue weighted by atomic mass is 10.1. The lowest BCUT2D eigenvalue weighted by molar-refractivity contribution is 0.672. The number of aryl methyl sites for hydroxylation is 1. The van der Waals surface area contributed by atoms with Gasteiger partial charge in [-0.1, -0.05) is 12.8 Å². The lowest BCUT2D eigenvalue weighted by Gasteiger charge is -2.01. The molecule has 0 radical (unpaired) electrons. The maximum Gasteiger partial charge on any atom is 0.186 e. The van der Waals surface area contributed by atoms with Gasteiger partial charge in [-0.25, -0.2) is 4.98 Å². The highest BCUT2D eigenvalue weighted by molar-refractivity contribution is 5.67. The van der Waals surface area contributed by atoms with Crippen molar-refractivity contribution in [3.05, 3.63) is 12.0 Å². The lowest BCUT2D eigenvalue weighted by Crippen LogP contribution is -1.98. The first kappa shape index (κ1) is 10.3. The molecule has 3 rings (SSSR count). The summed E-state index contributed by atoms with van der Waals surface area (Å²) in [5.41, 5.74) is 6.70. The summed E-state index contributed by atoms with van der Waals surface area (Å²) in [6, 6.07) is 0. The molecule has 3 N–H and O–H groups in total. The third-order valence-electron chi connectivity index (χ3n) is 3.47. The Labute approximate surface area is 99.2 Å². The topological polar surface area (TPSA) is 85.4 Å². The molecule has 0 saturated heterocycles. The zero-order valence-corrected chi connectivity index (χ0v) is 9.85. The second-order valence-electron chi connectivity index (χ2n) is 4.59. The summed E-state index contributed by atoms with van der Waals surface area (Å²) < 4.78 is 1.63. The van der Waals surface area contributed by atoms with Gasteiger partial charge in [0.1, 0.15) is 11.6 Å². The minimum Gasteiger partial charge on any atom is -0.383 e. The number of nitrogen functional groups attached to an aromatic ring is 1. The number of nitrogens with zero attached hydrogens (tertiary/aromatic N) is 4. The molecule has 1 saturated carbocycles. The number of hydrogen-bond acceptors (Lipinski definition) is 4. The largest absolute Gasteiger partial charge is 0.383 e. The molecule has 2 aromatic heterocycles. The van der Waals surface area contributed by atoms with Crippen molar-refractivity contribution >= 4 is 5.82 Å². The monoisotopic (exact) mass is 232 g/mol. The van der Waals surface area contributed by atoms with Crippen LogP contribution in [0.3, 0.4) is 0 Å². The van der Waals surface area contributed by atoms with Crippen LogP contribution in [0.15, 0.2) is 6.20 Å². The third-order valence-corrected chi connectivity index (χ3v) is 3.47. The zero-order chi connectivity index (χ0) is 11.8. The van der Waals surface area contributed by atoms with E-state index in [4.69, 9.17) is 5.73 Å². The first-order valence-electron chi connectivity index (χ1n) is 5.96. The summed E-state index contributed by atoms with van der Waals surface area (Å²) in [7, 11) is 1.81. The Balaban J connectivity index is 1.91. The van der Waals surface area contributed by atoms with Gasteiger partial charge < -0.3 is 5.73 Å². The molecule has 17 heavy (non-hydrogen) atoms. The van der Waals surface area contributed by atoms with Crippen molar-refractivity contribution in [3.8, 4) is 11.4 Å². The van der Waals surface area contributed by atoms with E-state index < -0.39 is 0 Å². The highest BCUT2D eigenvalue weighted by Crippen LogP contribution is 2.33. The Morgan fingerprint density at radius 2 is 2.18 bits per heavy atom. The Hall–Kier alpha value is -1.85. The first-order valence-corrected chi connectivity index (χ1v) is 5.96. The Morgan fingerprint density at radius 3 is 2.82 bits per heavy atom. The van der Waals surface area contributed by atoms with Gasteiger partial charge in [0.25, 0.3) is 0 Å². The minimum atomic E-state index is 0.536. The van der Waals surface area contributed by atoms with E-state index in [0.717, 1.165) is 11.4 Å². The summed E-state index contributed by atoms with van der Waals surface area (Å²) >= 11 is 0. The van der Waals surface area contributed by atoms with E-state index in [2.05, 4.69) is 20.3 Å². The molecule has 1 aliphatic carbocycles. The number of nitrogens with two attached hydrogens (primary N) is 1. The number of anilines is 1. The summed E-state index contributed by atoms with van der Waals surface area (Å²) in [5, 5.41) is 11.4. The standard InChI is InChI=1S/C11H16N6/c1-17-9(12)8(6-13-17)11-14-10(15-16-11)7-4-2-3-5-7/h6-7H,2-5,12H2,1H3,(H,14,15,16). The van der Waals surface area contributed by atoms with E-state index in [1.165, 1.54) is 25.7 Å². The van der Waals surface area contributed by atoms with Gasteiger partial charge in [-0.2, -0.15) is 10.2 Å². The number of nitrogens with one attached hydrogen (secondary N) is 1. The van der Waals surface area contributed by atoms with Crippen molar-refractivity contribution in [2.75, 3.05) is 5.73 Å². The Kier molecular flexibility index (Phi) is 2.35. The summed E-state index contributed by atoms with van der Waals surface area (Å²) in [5.74, 6) is 2.77. The van der Waals surface area contributed by atoms with E-state index in [1.807, 2.05) is 7.05 Å². The molecular formula is C11H16N6. The fraction of sp³-hybridized carbons (Fsp3) is 0.545. The Morgan fingerprint density at radius 1 is 1.41 bits per heavy atom. The number of hydrogen-bond donors (Lipinski definition) is 2. The molecule has 6 heteroatoms. The third kappa shape index (κ3) is 1.69. The molecule has 0 bridgehead atoms. The summed E-state index contributed by atoms with van der Waals surface area (Å²) in [6.45, 7) is 0. The van der Waals surface area contributed by atoms with Gasteiger partial charge in [0, 0.05) is 13.0 Å². The first-order chi connectivity index (χ1) is 8.25. The quantitative estimate of drug-likeness (QED) is 0.820. The van der Waals surface area contributed by atoms with E-state index in [9.17, 15) is 0 Å². The summed E-state index contributed by atoms with van der Waals surface area (Å²) in [6.07, 6.45) is 6.69. The number of rotatable bonds is 2. The molecule has 0 aromatic carbocycles. The van der Waals surface area contributed by atoms with Crippen molar-refractivity contribution in [3.63, 3.8) is 0 Å². The van der Waals surface area contributed by atoms with Crippen LogP contribution in [0.5, 0.6) is 0 Å². The fourth-order valence-corrected chi connectivity index (χ4v) is 2.40. The van der Waals surface area contributed by atoms with Gasteiger partial charge >= 0.3 is 0 Å². The second kappa shape index (κ2) is 3.87. The van der Waals surface area contributed by atoms with Crippen LogP contribution in [-0.2, 0) is 7.05 Å². The van der Waals surface area contributed by atoms with E-state index in [0.29, 0.717) is 17.6 Å². The molecular weight excluding hydrogens is 216 g/mol. The van der Waals surface area contributed by atoms with E-state index in [1.54, 1.807) is 10.9 Å². The van der Waals surface area contributed by atoms with Crippen LogP contribution in [0.25, 0.3) is 11.4 Å². The van der Waals surface area contributed by atoms with Gasteiger partial charge in [-0.05, 0) is 12.8 Å². The predicted octanol–water partition coefficient (Wildman–Crippen LogP) is 1.44. The predicted molar refractivity (Wildman–Crippen MR) is 64.2 cm³/mol. The Bertz CT molecular complexity index is 520. The molecule has 0 spiro atoms. The molecule has 2 heterocycles. The van der Waals surface area contributed by atoms with Crippen LogP contribution in [0.4, 0.5) is 5.82 Å². The molecule has 0 atom stereocenters.